The molecule has 1 aromatic heterocycles. The van der Waals surface area contributed by atoms with Gasteiger partial charge in [0.05, 0.1) is 11.1 Å². The van der Waals surface area contributed by atoms with E-state index >= 15 is 0 Å². The first kappa shape index (κ1) is 18.1. The van der Waals surface area contributed by atoms with E-state index in [2.05, 4.69) is 10.3 Å². The van der Waals surface area contributed by atoms with Gasteiger partial charge in [0.1, 0.15) is 0 Å². The molecular weight excluding hydrogens is 326 g/mol. The van der Waals surface area contributed by atoms with Crippen LogP contribution in [0.5, 0.6) is 0 Å². The largest absolute Gasteiger partial charge is 0.339 e. The van der Waals surface area contributed by atoms with Crippen LogP contribution in [0.25, 0.3) is 0 Å². The second-order valence-corrected chi connectivity index (χ2v) is 6.92. The van der Waals surface area contributed by atoms with Gasteiger partial charge >= 0.3 is 0 Å². The number of carbonyl (C=O) groups is 2. The number of amides is 2. The topological polar surface area (TPSA) is 62.3 Å². The third-order valence-electron chi connectivity index (χ3n) is 4.91. The van der Waals surface area contributed by atoms with Crippen molar-refractivity contribution in [2.75, 3.05) is 18.4 Å². The van der Waals surface area contributed by atoms with Gasteiger partial charge in [-0.05, 0) is 56.0 Å². The van der Waals surface area contributed by atoms with Crippen LogP contribution in [0.1, 0.15) is 57.5 Å². The first-order valence-electron chi connectivity index (χ1n) is 9.17. The summed E-state index contributed by atoms with van der Waals surface area (Å²) in [5.41, 5.74) is 3.90. The average Bonchev–Trinajstić information content (AvgIpc) is 2.93. The van der Waals surface area contributed by atoms with Crippen molar-refractivity contribution in [2.24, 2.45) is 0 Å². The van der Waals surface area contributed by atoms with Crippen LogP contribution in [0.4, 0.5) is 5.69 Å². The number of benzene rings is 1. The van der Waals surface area contributed by atoms with Gasteiger partial charge in [-0.2, -0.15) is 0 Å². The van der Waals surface area contributed by atoms with Gasteiger partial charge in [-0.1, -0.05) is 18.9 Å². The Morgan fingerprint density at radius 2 is 1.62 bits per heavy atom. The number of hydrogen-bond acceptors (Lipinski definition) is 3. The maximum absolute atomic E-state index is 12.7. The minimum Gasteiger partial charge on any atom is -0.339 e. The molecule has 0 aliphatic carbocycles. The molecule has 1 N–H and O–H groups in total. The summed E-state index contributed by atoms with van der Waals surface area (Å²) in [7, 11) is 0. The summed E-state index contributed by atoms with van der Waals surface area (Å²) >= 11 is 0. The molecule has 3 rings (SSSR count). The minimum absolute atomic E-state index is 0.0415. The SMILES string of the molecule is Cc1ccc(NC(=O)c2cncc(C(=O)N3CCCCCC3)c2)cc1C. The van der Waals surface area contributed by atoms with E-state index in [1.165, 1.54) is 24.6 Å². The fraction of sp³-hybridized carbons (Fsp3) is 0.381. The molecule has 0 spiro atoms. The van der Waals surface area contributed by atoms with Crippen molar-refractivity contribution in [1.29, 1.82) is 0 Å². The van der Waals surface area contributed by atoms with Crippen LogP contribution in [-0.4, -0.2) is 34.8 Å². The van der Waals surface area contributed by atoms with Gasteiger partial charge in [-0.15, -0.1) is 0 Å². The lowest BCUT2D eigenvalue weighted by Gasteiger charge is -2.20. The highest BCUT2D eigenvalue weighted by Gasteiger charge is 2.19. The molecule has 5 nitrogen and oxygen atoms in total. The molecule has 1 saturated heterocycles. The molecule has 2 heterocycles. The van der Waals surface area contributed by atoms with E-state index in [1.54, 1.807) is 12.3 Å². The summed E-state index contributed by atoms with van der Waals surface area (Å²) in [6.07, 6.45) is 7.44. The van der Waals surface area contributed by atoms with E-state index in [0.717, 1.165) is 37.2 Å². The van der Waals surface area contributed by atoms with Gasteiger partial charge in [0.25, 0.3) is 11.8 Å². The minimum atomic E-state index is -0.258. The van der Waals surface area contributed by atoms with Crippen molar-refractivity contribution in [3.8, 4) is 0 Å². The molecule has 1 aliphatic rings. The van der Waals surface area contributed by atoms with E-state index in [-0.39, 0.29) is 11.8 Å². The molecule has 5 heteroatoms. The number of aromatic nitrogens is 1. The first-order valence-corrected chi connectivity index (χ1v) is 9.17. The lowest BCUT2D eigenvalue weighted by Crippen LogP contribution is -2.32. The van der Waals surface area contributed by atoms with Crippen LogP contribution >= 0.6 is 0 Å². The van der Waals surface area contributed by atoms with Crippen LogP contribution in [0.2, 0.25) is 0 Å². The number of carbonyl (C=O) groups excluding carboxylic acids is 2. The number of hydrogen-bond donors (Lipinski definition) is 1. The normalized spacial score (nSPS) is 14.6. The fourth-order valence-electron chi connectivity index (χ4n) is 3.16. The summed E-state index contributed by atoms with van der Waals surface area (Å²) in [6, 6.07) is 7.42. The Balaban J connectivity index is 1.74. The van der Waals surface area contributed by atoms with Crippen LogP contribution in [0.15, 0.2) is 36.7 Å². The molecule has 1 fully saturated rings. The van der Waals surface area contributed by atoms with Gasteiger partial charge in [0.2, 0.25) is 0 Å². The fourth-order valence-corrected chi connectivity index (χ4v) is 3.16. The maximum Gasteiger partial charge on any atom is 0.257 e. The van der Waals surface area contributed by atoms with Gasteiger partial charge < -0.3 is 10.2 Å². The molecule has 2 aromatic rings. The average molecular weight is 351 g/mol. The molecule has 0 unspecified atom stereocenters. The van der Waals surface area contributed by atoms with E-state index in [0.29, 0.717) is 11.1 Å². The van der Waals surface area contributed by atoms with Crippen LogP contribution in [0.3, 0.4) is 0 Å². The molecule has 0 radical (unpaired) electrons. The van der Waals surface area contributed by atoms with Crippen molar-refractivity contribution in [3.63, 3.8) is 0 Å². The Morgan fingerprint density at radius 3 is 2.31 bits per heavy atom. The van der Waals surface area contributed by atoms with Crippen LogP contribution in [0, 0.1) is 13.8 Å². The predicted molar refractivity (Wildman–Crippen MR) is 102 cm³/mol. The number of rotatable bonds is 3. The van der Waals surface area contributed by atoms with Crippen LogP contribution < -0.4 is 5.32 Å². The van der Waals surface area contributed by atoms with Crippen molar-refractivity contribution in [1.82, 2.24) is 9.88 Å². The number of nitrogens with zero attached hydrogens (tertiary/aromatic N) is 2. The zero-order chi connectivity index (χ0) is 18.5. The second-order valence-electron chi connectivity index (χ2n) is 6.92. The number of anilines is 1. The first-order chi connectivity index (χ1) is 12.5. The number of pyridine rings is 1. The monoisotopic (exact) mass is 351 g/mol. The summed E-state index contributed by atoms with van der Waals surface area (Å²) in [5.74, 6) is -0.300. The van der Waals surface area contributed by atoms with Gasteiger partial charge in [-0.3, -0.25) is 14.6 Å². The summed E-state index contributed by atoms with van der Waals surface area (Å²) in [4.78, 5) is 31.2. The quantitative estimate of drug-likeness (QED) is 0.910. The van der Waals surface area contributed by atoms with Gasteiger partial charge in [0.15, 0.2) is 0 Å². The standard InChI is InChI=1S/C21H25N3O2/c1-15-7-8-19(11-16(15)2)23-20(25)17-12-18(14-22-13-17)21(26)24-9-5-3-4-6-10-24/h7-8,11-14H,3-6,9-10H2,1-2H3,(H,23,25). The number of nitrogens with one attached hydrogen (secondary N) is 1. The molecule has 0 saturated carbocycles. The molecule has 2 amide bonds. The Labute approximate surface area is 154 Å². The van der Waals surface area contributed by atoms with Crippen molar-refractivity contribution < 1.29 is 9.59 Å². The second kappa shape index (κ2) is 8.13. The van der Waals surface area contributed by atoms with E-state index in [9.17, 15) is 9.59 Å². The van der Waals surface area contributed by atoms with Gasteiger partial charge in [-0.25, -0.2) is 0 Å². The van der Waals surface area contributed by atoms with Crippen LogP contribution in [-0.2, 0) is 0 Å². The molecule has 26 heavy (non-hydrogen) atoms. The third-order valence-corrected chi connectivity index (χ3v) is 4.91. The Hall–Kier alpha value is -2.69. The summed E-state index contributed by atoms with van der Waals surface area (Å²) < 4.78 is 0. The zero-order valence-electron chi connectivity index (χ0n) is 15.4. The molecule has 1 aliphatic heterocycles. The predicted octanol–water partition coefficient (Wildman–Crippen LogP) is 3.97. The van der Waals surface area contributed by atoms with E-state index < -0.39 is 0 Å². The maximum atomic E-state index is 12.7. The molecule has 136 valence electrons. The third kappa shape index (κ3) is 4.28. The van der Waals surface area contributed by atoms with E-state index in [1.807, 2.05) is 36.9 Å². The highest BCUT2D eigenvalue weighted by Crippen LogP contribution is 2.17. The molecular formula is C21H25N3O2. The summed E-state index contributed by atoms with van der Waals surface area (Å²) in [5, 5.41) is 2.88. The molecule has 0 bridgehead atoms. The lowest BCUT2D eigenvalue weighted by atomic mass is 10.1. The van der Waals surface area contributed by atoms with Crippen molar-refractivity contribution in [3.05, 3.63) is 58.9 Å². The Bertz CT molecular complexity index is 809. The summed E-state index contributed by atoms with van der Waals surface area (Å²) in [6.45, 7) is 5.59. The van der Waals surface area contributed by atoms with Gasteiger partial charge in [0, 0.05) is 31.2 Å². The smallest absolute Gasteiger partial charge is 0.257 e. The zero-order valence-corrected chi connectivity index (χ0v) is 15.4. The lowest BCUT2D eigenvalue weighted by molar-refractivity contribution is 0.0761. The Kier molecular flexibility index (Phi) is 5.66. The Morgan fingerprint density at radius 1 is 0.923 bits per heavy atom. The van der Waals surface area contributed by atoms with Crippen molar-refractivity contribution >= 4 is 17.5 Å². The highest BCUT2D eigenvalue weighted by atomic mass is 16.2. The van der Waals surface area contributed by atoms with E-state index in [4.69, 9.17) is 0 Å². The molecule has 1 aromatic carbocycles. The number of aryl methyl sites for hydroxylation is 2. The highest BCUT2D eigenvalue weighted by molar-refractivity contribution is 6.05. The molecule has 0 atom stereocenters. The van der Waals surface area contributed by atoms with Crippen molar-refractivity contribution in [2.45, 2.75) is 39.5 Å². The number of likely N-dealkylation sites (tertiary alicyclic amines) is 1.